The molecule has 0 aliphatic rings. The first kappa shape index (κ1) is 14.8. The summed E-state index contributed by atoms with van der Waals surface area (Å²) in [6, 6.07) is 6.93. The SMILES string of the molecule is Cc1cc(=O)c(O)c(C(=O)NCc2ccc(F)cc2)n1C. The molecular formula is C15H15FN2O3. The van der Waals surface area contributed by atoms with Crippen molar-refractivity contribution in [1.29, 1.82) is 0 Å². The minimum absolute atomic E-state index is 0.0953. The van der Waals surface area contributed by atoms with Crippen LogP contribution in [0.15, 0.2) is 35.1 Å². The quantitative estimate of drug-likeness (QED) is 0.899. The number of aryl methyl sites for hydroxylation is 1. The summed E-state index contributed by atoms with van der Waals surface area (Å²) in [7, 11) is 1.58. The van der Waals surface area contributed by atoms with Gasteiger partial charge in [0.2, 0.25) is 5.43 Å². The van der Waals surface area contributed by atoms with E-state index in [1.807, 2.05) is 0 Å². The summed E-state index contributed by atoms with van der Waals surface area (Å²) >= 11 is 0. The zero-order valence-electron chi connectivity index (χ0n) is 11.7. The van der Waals surface area contributed by atoms with Crippen LogP contribution in [0.2, 0.25) is 0 Å². The second-order valence-corrected chi connectivity index (χ2v) is 4.72. The van der Waals surface area contributed by atoms with Gasteiger partial charge < -0.3 is 15.0 Å². The Kier molecular flexibility index (Phi) is 4.07. The lowest BCUT2D eigenvalue weighted by Gasteiger charge is -2.13. The molecular weight excluding hydrogens is 275 g/mol. The molecule has 1 amide bonds. The molecule has 1 aromatic heterocycles. The number of aromatic nitrogens is 1. The summed E-state index contributed by atoms with van der Waals surface area (Å²) in [5.41, 5.74) is 0.575. The number of halogens is 1. The van der Waals surface area contributed by atoms with Crippen molar-refractivity contribution in [2.45, 2.75) is 13.5 Å². The molecule has 0 aliphatic carbocycles. The number of carbonyl (C=O) groups is 1. The molecule has 0 unspecified atom stereocenters. The van der Waals surface area contributed by atoms with Gasteiger partial charge in [-0.05, 0) is 24.6 Å². The van der Waals surface area contributed by atoms with Crippen molar-refractivity contribution in [2.75, 3.05) is 0 Å². The number of hydrogen-bond donors (Lipinski definition) is 2. The first-order chi connectivity index (χ1) is 9.90. The minimum Gasteiger partial charge on any atom is -0.503 e. The molecule has 0 fully saturated rings. The van der Waals surface area contributed by atoms with Gasteiger partial charge in [-0.2, -0.15) is 0 Å². The summed E-state index contributed by atoms with van der Waals surface area (Å²) in [6.07, 6.45) is 0. The molecule has 0 saturated carbocycles. The highest BCUT2D eigenvalue weighted by atomic mass is 19.1. The lowest BCUT2D eigenvalue weighted by atomic mass is 10.2. The Bertz CT molecular complexity index is 736. The van der Waals surface area contributed by atoms with Crippen LogP contribution in [0.5, 0.6) is 5.75 Å². The topological polar surface area (TPSA) is 71.3 Å². The lowest BCUT2D eigenvalue weighted by molar-refractivity contribution is 0.0938. The Hall–Kier alpha value is -2.63. The summed E-state index contributed by atoms with van der Waals surface area (Å²) in [6.45, 7) is 1.83. The van der Waals surface area contributed by atoms with E-state index in [1.165, 1.54) is 22.8 Å². The number of rotatable bonds is 3. The standard InChI is InChI=1S/C15H15FN2O3/c1-9-7-12(19)14(20)13(18(9)2)15(21)17-8-10-3-5-11(16)6-4-10/h3-7,20H,8H2,1-2H3,(H,17,21). The van der Waals surface area contributed by atoms with Crippen molar-refractivity contribution in [3.63, 3.8) is 0 Å². The number of pyridine rings is 1. The summed E-state index contributed by atoms with van der Waals surface area (Å²) < 4.78 is 14.2. The highest BCUT2D eigenvalue weighted by Gasteiger charge is 2.18. The Morgan fingerprint density at radius 1 is 1.33 bits per heavy atom. The van der Waals surface area contributed by atoms with E-state index < -0.39 is 17.1 Å². The number of nitrogens with zero attached hydrogens (tertiary/aromatic N) is 1. The van der Waals surface area contributed by atoms with Crippen LogP contribution in [0.25, 0.3) is 0 Å². The first-order valence-electron chi connectivity index (χ1n) is 6.32. The van der Waals surface area contributed by atoms with Crippen LogP contribution < -0.4 is 10.7 Å². The Labute approximate surface area is 120 Å². The third kappa shape index (κ3) is 3.10. The van der Waals surface area contributed by atoms with E-state index in [0.29, 0.717) is 11.3 Å². The number of nitrogens with one attached hydrogen (secondary N) is 1. The monoisotopic (exact) mass is 290 g/mol. The van der Waals surface area contributed by atoms with E-state index in [0.717, 1.165) is 0 Å². The smallest absolute Gasteiger partial charge is 0.272 e. The molecule has 21 heavy (non-hydrogen) atoms. The fourth-order valence-corrected chi connectivity index (χ4v) is 1.93. The van der Waals surface area contributed by atoms with E-state index in [4.69, 9.17) is 0 Å². The largest absolute Gasteiger partial charge is 0.503 e. The molecule has 6 heteroatoms. The molecule has 5 nitrogen and oxygen atoms in total. The van der Waals surface area contributed by atoms with Crippen LogP contribution in [-0.2, 0) is 13.6 Å². The van der Waals surface area contributed by atoms with Gasteiger partial charge in [0, 0.05) is 25.4 Å². The van der Waals surface area contributed by atoms with Gasteiger partial charge in [0.1, 0.15) is 5.82 Å². The third-order valence-corrected chi connectivity index (χ3v) is 3.24. The number of aromatic hydroxyl groups is 1. The van der Waals surface area contributed by atoms with Crippen LogP contribution in [0.3, 0.4) is 0 Å². The van der Waals surface area contributed by atoms with Gasteiger partial charge >= 0.3 is 0 Å². The van der Waals surface area contributed by atoms with Crippen molar-refractivity contribution in [3.05, 3.63) is 63.3 Å². The zero-order valence-corrected chi connectivity index (χ0v) is 11.7. The summed E-state index contributed by atoms with van der Waals surface area (Å²) in [5, 5.41) is 12.4. The van der Waals surface area contributed by atoms with Gasteiger partial charge in [-0.15, -0.1) is 0 Å². The van der Waals surface area contributed by atoms with E-state index in [-0.39, 0.29) is 18.1 Å². The van der Waals surface area contributed by atoms with Gasteiger partial charge in [0.05, 0.1) is 0 Å². The van der Waals surface area contributed by atoms with Gasteiger partial charge in [-0.25, -0.2) is 4.39 Å². The van der Waals surface area contributed by atoms with Crippen molar-refractivity contribution in [3.8, 4) is 5.75 Å². The van der Waals surface area contributed by atoms with Gasteiger partial charge in [0.25, 0.3) is 5.91 Å². The normalized spacial score (nSPS) is 10.4. The Balaban J connectivity index is 2.21. The number of amides is 1. The summed E-state index contributed by atoms with van der Waals surface area (Å²) in [4.78, 5) is 23.7. The van der Waals surface area contributed by atoms with Gasteiger partial charge in [0.15, 0.2) is 11.4 Å². The highest BCUT2D eigenvalue weighted by molar-refractivity contribution is 5.95. The fourth-order valence-electron chi connectivity index (χ4n) is 1.93. The first-order valence-corrected chi connectivity index (χ1v) is 6.32. The van der Waals surface area contributed by atoms with Crippen LogP contribution >= 0.6 is 0 Å². The van der Waals surface area contributed by atoms with Crippen molar-refractivity contribution in [1.82, 2.24) is 9.88 Å². The molecule has 0 bridgehead atoms. The van der Waals surface area contributed by atoms with Crippen LogP contribution in [-0.4, -0.2) is 15.6 Å². The molecule has 0 spiro atoms. The zero-order chi connectivity index (χ0) is 15.6. The predicted molar refractivity (Wildman–Crippen MR) is 75.7 cm³/mol. The minimum atomic E-state index is -0.600. The van der Waals surface area contributed by atoms with Crippen LogP contribution in [0.4, 0.5) is 4.39 Å². The molecule has 2 N–H and O–H groups in total. The molecule has 0 aliphatic heterocycles. The third-order valence-electron chi connectivity index (χ3n) is 3.24. The molecule has 2 aromatic rings. The van der Waals surface area contributed by atoms with E-state index in [9.17, 15) is 19.1 Å². The molecule has 0 radical (unpaired) electrons. The molecule has 110 valence electrons. The molecule has 2 rings (SSSR count). The van der Waals surface area contributed by atoms with Gasteiger partial charge in [-0.3, -0.25) is 9.59 Å². The highest BCUT2D eigenvalue weighted by Crippen LogP contribution is 2.13. The van der Waals surface area contributed by atoms with Crippen molar-refractivity contribution < 1.29 is 14.3 Å². The van der Waals surface area contributed by atoms with E-state index >= 15 is 0 Å². The van der Waals surface area contributed by atoms with E-state index in [1.54, 1.807) is 26.1 Å². The number of carbonyl (C=O) groups excluding carboxylic acids is 1. The average Bonchev–Trinajstić information content (AvgIpc) is 2.45. The average molecular weight is 290 g/mol. The summed E-state index contributed by atoms with van der Waals surface area (Å²) in [5.74, 6) is -1.51. The molecule has 1 heterocycles. The van der Waals surface area contributed by atoms with Crippen LogP contribution in [0.1, 0.15) is 21.7 Å². The molecule has 0 atom stereocenters. The molecule has 1 aromatic carbocycles. The maximum atomic E-state index is 12.8. The number of benzene rings is 1. The maximum absolute atomic E-state index is 12.8. The lowest BCUT2D eigenvalue weighted by Crippen LogP contribution is -2.28. The molecule has 0 saturated heterocycles. The maximum Gasteiger partial charge on any atom is 0.272 e. The number of hydrogen-bond acceptors (Lipinski definition) is 3. The van der Waals surface area contributed by atoms with E-state index in [2.05, 4.69) is 5.32 Å². The second kappa shape index (κ2) is 5.78. The Morgan fingerprint density at radius 2 is 1.95 bits per heavy atom. The van der Waals surface area contributed by atoms with Crippen LogP contribution in [0, 0.1) is 12.7 Å². The Morgan fingerprint density at radius 3 is 2.57 bits per heavy atom. The predicted octanol–water partition coefficient (Wildman–Crippen LogP) is 1.47. The van der Waals surface area contributed by atoms with Crippen molar-refractivity contribution in [2.24, 2.45) is 7.05 Å². The van der Waals surface area contributed by atoms with Gasteiger partial charge in [-0.1, -0.05) is 12.1 Å². The van der Waals surface area contributed by atoms with Crippen molar-refractivity contribution >= 4 is 5.91 Å². The second-order valence-electron chi connectivity index (χ2n) is 4.72. The fraction of sp³-hybridized carbons (Fsp3) is 0.200.